The van der Waals surface area contributed by atoms with Gasteiger partial charge in [-0.2, -0.15) is 0 Å². The quantitative estimate of drug-likeness (QED) is 0.657. The Balaban J connectivity index is 1.99. The second-order valence-corrected chi connectivity index (χ2v) is 5.30. The first-order chi connectivity index (χ1) is 7.24. The Labute approximate surface area is 95.2 Å². The van der Waals surface area contributed by atoms with Crippen molar-refractivity contribution in [2.24, 2.45) is 17.6 Å². The number of rotatable bonds is 7. The van der Waals surface area contributed by atoms with Gasteiger partial charge >= 0.3 is 0 Å². The van der Waals surface area contributed by atoms with E-state index >= 15 is 0 Å². The van der Waals surface area contributed by atoms with Gasteiger partial charge in [-0.3, -0.25) is 0 Å². The molecule has 15 heavy (non-hydrogen) atoms. The van der Waals surface area contributed by atoms with Crippen LogP contribution in [-0.4, -0.2) is 31.1 Å². The van der Waals surface area contributed by atoms with Crippen molar-refractivity contribution in [1.82, 2.24) is 4.90 Å². The zero-order valence-electron chi connectivity index (χ0n) is 10.5. The van der Waals surface area contributed by atoms with E-state index < -0.39 is 0 Å². The van der Waals surface area contributed by atoms with Gasteiger partial charge in [-0.05, 0) is 50.7 Å². The van der Waals surface area contributed by atoms with E-state index in [4.69, 9.17) is 5.73 Å². The molecule has 0 saturated carbocycles. The minimum Gasteiger partial charge on any atom is -0.330 e. The van der Waals surface area contributed by atoms with Crippen molar-refractivity contribution >= 4 is 0 Å². The van der Waals surface area contributed by atoms with E-state index in [0.29, 0.717) is 0 Å². The average Bonchev–Trinajstić information content (AvgIpc) is 2.66. The fourth-order valence-electron chi connectivity index (χ4n) is 2.44. The Morgan fingerprint density at radius 3 is 2.53 bits per heavy atom. The molecule has 90 valence electrons. The predicted molar refractivity (Wildman–Crippen MR) is 66.9 cm³/mol. The first kappa shape index (κ1) is 13.0. The Morgan fingerprint density at radius 2 is 1.93 bits per heavy atom. The maximum absolute atomic E-state index is 5.47. The predicted octanol–water partition coefficient (Wildman–Crippen LogP) is 2.48. The highest BCUT2D eigenvalue weighted by Gasteiger charge is 2.23. The van der Waals surface area contributed by atoms with Crippen molar-refractivity contribution in [3.05, 3.63) is 0 Å². The van der Waals surface area contributed by atoms with Crippen molar-refractivity contribution in [2.45, 2.75) is 46.0 Å². The van der Waals surface area contributed by atoms with Gasteiger partial charge in [0.2, 0.25) is 0 Å². The second-order valence-electron chi connectivity index (χ2n) is 5.30. The Morgan fingerprint density at radius 1 is 1.20 bits per heavy atom. The van der Waals surface area contributed by atoms with E-state index in [2.05, 4.69) is 18.7 Å². The van der Waals surface area contributed by atoms with Crippen LogP contribution in [0.1, 0.15) is 46.0 Å². The van der Waals surface area contributed by atoms with Crippen LogP contribution >= 0.6 is 0 Å². The summed E-state index contributed by atoms with van der Waals surface area (Å²) in [6.07, 6.45) is 6.66. The summed E-state index contributed by atoms with van der Waals surface area (Å²) < 4.78 is 0. The summed E-state index contributed by atoms with van der Waals surface area (Å²) in [5.74, 6) is 1.82. The number of nitrogens with two attached hydrogens (primary N) is 1. The molecule has 1 unspecified atom stereocenters. The maximum Gasteiger partial charge on any atom is 0.00126 e. The molecule has 0 aliphatic carbocycles. The van der Waals surface area contributed by atoms with Gasteiger partial charge in [0.15, 0.2) is 0 Å². The van der Waals surface area contributed by atoms with Gasteiger partial charge < -0.3 is 10.6 Å². The molecule has 1 aliphatic rings. The van der Waals surface area contributed by atoms with Crippen LogP contribution in [0.25, 0.3) is 0 Å². The molecule has 0 spiro atoms. The van der Waals surface area contributed by atoms with Gasteiger partial charge in [0, 0.05) is 6.54 Å². The third kappa shape index (κ3) is 4.98. The van der Waals surface area contributed by atoms with Gasteiger partial charge in [-0.1, -0.05) is 26.7 Å². The van der Waals surface area contributed by atoms with Crippen molar-refractivity contribution < 1.29 is 0 Å². The number of hydrogen-bond acceptors (Lipinski definition) is 2. The normalized spacial score (nSPS) is 22.8. The SMILES string of the molecule is CC(C)C1CCN(CCCCCCN)C1. The molecule has 0 aromatic heterocycles. The Hall–Kier alpha value is -0.0800. The number of unbranched alkanes of at least 4 members (excludes halogenated alkanes) is 3. The molecule has 1 rings (SSSR count). The van der Waals surface area contributed by atoms with E-state index in [1.165, 1.54) is 51.7 Å². The van der Waals surface area contributed by atoms with Crippen LogP contribution in [0.4, 0.5) is 0 Å². The summed E-state index contributed by atoms with van der Waals surface area (Å²) >= 11 is 0. The third-order valence-electron chi connectivity index (χ3n) is 3.68. The summed E-state index contributed by atoms with van der Waals surface area (Å²) in [5, 5.41) is 0. The molecule has 0 amide bonds. The number of likely N-dealkylation sites (tertiary alicyclic amines) is 1. The molecule has 1 heterocycles. The van der Waals surface area contributed by atoms with Crippen LogP contribution in [0.15, 0.2) is 0 Å². The standard InChI is InChI=1S/C13H28N2/c1-12(2)13-7-10-15(11-13)9-6-4-3-5-8-14/h12-13H,3-11,14H2,1-2H3. The number of hydrogen-bond donors (Lipinski definition) is 1. The summed E-state index contributed by atoms with van der Waals surface area (Å²) in [4.78, 5) is 2.65. The van der Waals surface area contributed by atoms with Crippen molar-refractivity contribution in [2.75, 3.05) is 26.2 Å². The highest BCUT2D eigenvalue weighted by atomic mass is 15.1. The third-order valence-corrected chi connectivity index (χ3v) is 3.68. The molecule has 0 aromatic rings. The molecule has 0 radical (unpaired) electrons. The van der Waals surface area contributed by atoms with E-state index in [1.54, 1.807) is 0 Å². The van der Waals surface area contributed by atoms with Gasteiger partial charge in [-0.15, -0.1) is 0 Å². The lowest BCUT2D eigenvalue weighted by molar-refractivity contribution is 0.296. The fraction of sp³-hybridized carbons (Fsp3) is 1.00. The first-order valence-corrected chi connectivity index (χ1v) is 6.66. The zero-order valence-corrected chi connectivity index (χ0v) is 10.5. The van der Waals surface area contributed by atoms with Gasteiger partial charge in [0.05, 0.1) is 0 Å². The van der Waals surface area contributed by atoms with Gasteiger partial charge in [0.1, 0.15) is 0 Å². The molecular weight excluding hydrogens is 184 g/mol. The minimum absolute atomic E-state index is 0.860. The fourth-order valence-corrected chi connectivity index (χ4v) is 2.44. The highest BCUT2D eigenvalue weighted by Crippen LogP contribution is 2.23. The van der Waals surface area contributed by atoms with Crippen LogP contribution in [0.5, 0.6) is 0 Å². The van der Waals surface area contributed by atoms with Crippen molar-refractivity contribution in [3.8, 4) is 0 Å². The molecule has 2 N–H and O–H groups in total. The van der Waals surface area contributed by atoms with Crippen LogP contribution in [0, 0.1) is 11.8 Å². The molecule has 0 aromatic carbocycles. The Kier molecular flexibility index (Phi) is 6.26. The van der Waals surface area contributed by atoms with Crippen LogP contribution in [-0.2, 0) is 0 Å². The van der Waals surface area contributed by atoms with Crippen molar-refractivity contribution in [3.63, 3.8) is 0 Å². The van der Waals surface area contributed by atoms with Gasteiger partial charge in [-0.25, -0.2) is 0 Å². The number of nitrogens with zero attached hydrogens (tertiary/aromatic N) is 1. The van der Waals surface area contributed by atoms with Crippen LogP contribution < -0.4 is 5.73 Å². The van der Waals surface area contributed by atoms with Gasteiger partial charge in [0.25, 0.3) is 0 Å². The molecule has 2 heteroatoms. The van der Waals surface area contributed by atoms with Crippen molar-refractivity contribution in [1.29, 1.82) is 0 Å². The van der Waals surface area contributed by atoms with Crippen LogP contribution in [0.3, 0.4) is 0 Å². The second kappa shape index (κ2) is 7.24. The zero-order chi connectivity index (χ0) is 11.1. The molecule has 1 saturated heterocycles. The monoisotopic (exact) mass is 212 g/mol. The molecule has 1 aliphatic heterocycles. The summed E-state index contributed by atoms with van der Waals surface area (Å²) in [6, 6.07) is 0. The van der Waals surface area contributed by atoms with Crippen LogP contribution in [0.2, 0.25) is 0 Å². The van der Waals surface area contributed by atoms with E-state index in [9.17, 15) is 0 Å². The van der Waals surface area contributed by atoms with E-state index in [1.807, 2.05) is 0 Å². The average molecular weight is 212 g/mol. The summed E-state index contributed by atoms with van der Waals surface area (Å²) in [7, 11) is 0. The molecule has 2 nitrogen and oxygen atoms in total. The molecule has 0 bridgehead atoms. The maximum atomic E-state index is 5.47. The molecule has 1 atom stereocenters. The summed E-state index contributed by atoms with van der Waals surface area (Å²) in [5.41, 5.74) is 5.47. The lowest BCUT2D eigenvalue weighted by Crippen LogP contribution is -2.23. The summed E-state index contributed by atoms with van der Waals surface area (Å²) in [6.45, 7) is 9.56. The lowest BCUT2D eigenvalue weighted by Gasteiger charge is -2.17. The largest absolute Gasteiger partial charge is 0.330 e. The van der Waals surface area contributed by atoms with E-state index in [-0.39, 0.29) is 0 Å². The highest BCUT2D eigenvalue weighted by molar-refractivity contribution is 4.77. The van der Waals surface area contributed by atoms with E-state index in [0.717, 1.165) is 18.4 Å². The smallest absolute Gasteiger partial charge is 0.00126 e. The first-order valence-electron chi connectivity index (χ1n) is 6.66. The lowest BCUT2D eigenvalue weighted by atomic mass is 9.95. The Bertz CT molecular complexity index is 157. The topological polar surface area (TPSA) is 29.3 Å². The molecular formula is C13H28N2. The molecule has 1 fully saturated rings. The minimum atomic E-state index is 0.860.